The molecular formula is C9H8ClN5O. The zero-order valence-electron chi connectivity index (χ0n) is 8.46. The van der Waals surface area contributed by atoms with Crippen LogP contribution in [-0.4, -0.2) is 24.7 Å². The van der Waals surface area contributed by atoms with Crippen LogP contribution in [0.3, 0.4) is 0 Å². The van der Waals surface area contributed by atoms with Gasteiger partial charge in [-0.05, 0) is 0 Å². The van der Waals surface area contributed by atoms with E-state index >= 15 is 0 Å². The average molecular weight is 238 g/mol. The van der Waals surface area contributed by atoms with Gasteiger partial charge in [0, 0.05) is 7.05 Å². The molecule has 0 aliphatic carbocycles. The number of fused-ring (bicyclic) bond motifs is 1. The molecule has 2 rings (SSSR count). The highest BCUT2D eigenvalue weighted by Gasteiger charge is 2.10. The summed E-state index contributed by atoms with van der Waals surface area (Å²) >= 11 is 5.66. The van der Waals surface area contributed by atoms with Crippen molar-refractivity contribution in [2.45, 2.75) is 11.9 Å². The molecule has 0 fully saturated rings. The van der Waals surface area contributed by atoms with Crippen molar-refractivity contribution in [2.75, 3.05) is 0 Å². The van der Waals surface area contributed by atoms with Gasteiger partial charge in [-0.15, -0.1) is 11.6 Å². The highest BCUT2D eigenvalue weighted by Crippen LogP contribution is 2.04. The molecule has 0 spiro atoms. The Morgan fingerprint density at radius 3 is 3.12 bits per heavy atom. The van der Waals surface area contributed by atoms with Crippen LogP contribution in [0.25, 0.3) is 11.0 Å². The summed E-state index contributed by atoms with van der Waals surface area (Å²) in [4.78, 5) is 16.0. The molecule has 0 radical (unpaired) electrons. The lowest BCUT2D eigenvalue weighted by atomic mass is 10.4. The minimum atomic E-state index is -0.742. The summed E-state index contributed by atoms with van der Waals surface area (Å²) in [6.07, 6.45) is 2.83. The number of nitriles is 1. The molecule has 0 aliphatic rings. The molecule has 0 aliphatic heterocycles. The van der Waals surface area contributed by atoms with E-state index in [2.05, 4.69) is 10.1 Å². The Morgan fingerprint density at radius 1 is 1.69 bits per heavy atom. The zero-order chi connectivity index (χ0) is 11.7. The van der Waals surface area contributed by atoms with Crippen LogP contribution in [0, 0.1) is 11.3 Å². The van der Waals surface area contributed by atoms with Crippen molar-refractivity contribution >= 4 is 22.6 Å². The number of halogens is 1. The van der Waals surface area contributed by atoms with Gasteiger partial charge in [-0.2, -0.15) is 10.4 Å². The molecule has 0 bridgehead atoms. The maximum absolute atomic E-state index is 11.9. The lowest BCUT2D eigenvalue weighted by molar-refractivity contribution is 0.679. The third-order valence-electron chi connectivity index (χ3n) is 2.22. The predicted molar refractivity (Wildman–Crippen MR) is 58.0 cm³/mol. The van der Waals surface area contributed by atoms with Crippen LogP contribution >= 0.6 is 11.6 Å². The molecular weight excluding hydrogens is 230 g/mol. The van der Waals surface area contributed by atoms with Crippen LogP contribution in [0.1, 0.15) is 0 Å². The van der Waals surface area contributed by atoms with Crippen LogP contribution in [-0.2, 0) is 13.6 Å². The van der Waals surface area contributed by atoms with E-state index in [-0.39, 0.29) is 12.1 Å². The molecule has 0 saturated heterocycles. The fourth-order valence-corrected chi connectivity index (χ4v) is 1.56. The molecule has 0 N–H and O–H groups in total. The first-order valence-electron chi connectivity index (χ1n) is 4.54. The van der Waals surface area contributed by atoms with Gasteiger partial charge in [0.1, 0.15) is 17.1 Å². The van der Waals surface area contributed by atoms with E-state index in [0.717, 1.165) is 0 Å². The summed E-state index contributed by atoms with van der Waals surface area (Å²) in [6, 6.07) is 1.85. The van der Waals surface area contributed by atoms with E-state index in [1.807, 2.05) is 6.07 Å². The van der Waals surface area contributed by atoms with Gasteiger partial charge in [-0.25, -0.2) is 4.98 Å². The second-order valence-electron chi connectivity index (χ2n) is 3.30. The number of hydrogen-bond donors (Lipinski definition) is 0. The largest absolute Gasteiger partial charge is 0.296 e. The lowest BCUT2D eigenvalue weighted by Crippen LogP contribution is -2.24. The van der Waals surface area contributed by atoms with Gasteiger partial charge in [-0.3, -0.25) is 14.0 Å². The molecule has 0 saturated carbocycles. The van der Waals surface area contributed by atoms with E-state index in [1.54, 1.807) is 7.05 Å². The predicted octanol–water partition coefficient (Wildman–Crippen LogP) is 0.261. The van der Waals surface area contributed by atoms with Crippen molar-refractivity contribution in [2.24, 2.45) is 7.05 Å². The lowest BCUT2D eigenvalue weighted by Gasteiger charge is -2.04. The first-order chi connectivity index (χ1) is 7.63. The molecule has 7 heteroatoms. The topological polar surface area (TPSA) is 76.5 Å². The first kappa shape index (κ1) is 10.6. The van der Waals surface area contributed by atoms with E-state index in [1.165, 1.54) is 21.8 Å². The van der Waals surface area contributed by atoms with Crippen molar-refractivity contribution in [1.29, 1.82) is 5.26 Å². The normalized spacial score (nSPS) is 12.6. The van der Waals surface area contributed by atoms with Gasteiger partial charge in [0.25, 0.3) is 5.56 Å². The van der Waals surface area contributed by atoms with Crippen LogP contribution in [0.15, 0.2) is 17.3 Å². The Hall–Kier alpha value is -1.87. The van der Waals surface area contributed by atoms with Crippen LogP contribution in [0.2, 0.25) is 0 Å². The highest BCUT2D eigenvalue weighted by molar-refractivity contribution is 6.22. The van der Waals surface area contributed by atoms with E-state index in [0.29, 0.717) is 11.0 Å². The van der Waals surface area contributed by atoms with Gasteiger partial charge in [0.2, 0.25) is 0 Å². The van der Waals surface area contributed by atoms with Crippen molar-refractivity contribution < 1.29 is 0 Å². The molecule has 6 nitrogen and oxygen atoms in total. The third-order valence-corrected chi connectivity index (χ3v) is 2.45. The van der Waals surface area contributed by atoms with Gasteiger partial charge in [0.15, 0.2) is 5.65 Å². The molecule has 1 atom stereocenters. The van der Waals surface area contributed by atoms with Crippen LogP contribution in [0.5, 0.6) is 0 Å². The Kier molecular flexibility index (Phi) is 2.62. The Morgan fingerprint density at radius 2 is 2.44 bits per heavy atom. The van der Waals surface area contributed by atoms with Gasteiger partial charge in [-0.1, -0.05) is 0 Å². The van der Waals surface area contributed by atoms with Gasteiger partial charge < -0.3 is 0 Å². The average Bonchev–Trinajstić information content (AvgIpc) is 2.65. The number of alkyl halides is 1. The summed E-state index contributed by atoms with van der Waals surface area (Å²) in [5, 5.41) is 12.2. The number of aryl methyl sites for hydroxylation is 1. The molecule has 1 unspecified atom stereocenters. The quantitative estimate of drug-likeness (QED) is 0.702. The standard InChI is InChI=1S/C9H8ClN5O/c1-14-8-7(3-13-14)9(16)15(5-12-8)4-6(10)2-11/h3,5-6H,4H2,1H3. The maximum Gasteiger partial charge on any atom is 0.264 e. The monoisotopic (exact) mass is 237 g/mol. The summed E-state index contributed by atoms with van der Waals surface area (Å²) in [7, 11) is 1.71. The van der Waals surface area contributed by atoms with Crippen molar-refractivity contribution in [3.05, 3.63) is 22.9 Å². The fraction of sp³-hybridized carbons (Fsp3) is 0.333. The highest BCUT2D eigenvalue weighted by atomic mass is 35.5. The Bertz CT molecular complexity index is 623. The Balaban J connectivity index is 2.54. The maximum atomic E-state index is 11.9. The van der Waals surface area contributed by atoms with E-state index in [4.69, 9.17) is 16.9 Å². The summed E-state index contributed by atoms with van der Waals surface area (Å²) in [5.41, 5.74) is 0.281. The second kappa shape index (κ2) is 3.94. The number of nitrogens with zero attached hydrogens (tertiary/aromatic N) is 5. The van der Waals surface area contributed by atoms with Gasteiger partial charge >= 0.3 is 0 Å². The number of hydrogen-bond acceptors (Lipinski definition) is 4. The first-order valence-corrected chi connectivity index (χ1v) is 4.98. The summed E-state index contributed by atoms with van der Waals surface area (Å²) < 4.78 is 2.83. The Labute approximate surface area is 95.7 Å². The van der Waals surface area contributed by atoms with Gasteiger partial charge in [0.05, 0.1) is 18.8 Å². The molecule has 2 aromatic rings. The smallest absolute Gasteiger partial charge is 0.264 e. The molecule has 0 aromatic carbocycles. The fourth-order valence-electron chi connectivity index (χ4n) is 1.41. The van der Waals surface area contributed by atoms with Crippen molar-refractivity contribution in [3.8, 4) is 6.07 Å². The number of rotatable bonds is 2. The molecule has 2 heterocycles. The molecule has 16 heavy (non-hydrogen) atoms. The second-order valence-corrected chi connectivity index (χ2v) is 3.83. The minimum absolute atomic E-state index is 0.120. The third kappa shape index (κ3) is 1.66. The minimum Gasteiger partial charge on any atom is -0.296 e. The van der Waals surface area contributed by atoms with E-state index in [9.17, 15) is 4.79 Å². The summed E-state index contributed by atoms with van der Waals surface area (Å²) in [6.45, 7) is 0.120. The van der Waals surface area contributed by atoms with E-state index < -0.39 is 5.38 Å². The molecule has 82 valence electrons. The zero-order valence-corrected chi connectivity index (χ0v) is 9.22. The van der Waals surface area contributed by atoms with Crippen molar-refractivity contribution in [3.63, 3.8) is 0 Å². The van der Waals surface area contributed by atoms with Crippen LogP contribution < -0.4 is 5.56 Å². The number of aromatic nitrogens is 4. The van der Waals surface area contributed by atoms with Crippen molar-refractivity contribution in [1.82, 2.24) is 19.3 Å². The van der Waals surface area contributed by atoms with Crippen LogP contribution in [0.4, 0.5) is 0 Å². The molecule has 2 aromatic heterocycles. The molecule has 0 amide bonds. The SMILES string of the molecule is Cn1ncc2c(=O)n(CC(Cl)C#N)cnc21. The summed E-state index contributed by atoms with van der Waals surface area (Å²) in [5.74, 6) is 0.